The van der Waals surface area contributed by atoms with E-state index < -0.39 is 61.0 Å². The third kappa shape index (κ3) is 5.34. The first-order valence-corrected chi connectivity index (χ1v) is 8.76. The van der Waals surface area contributed by atoms with Crippen LogP contribution in [0.5, 0.6) is 0 Å². The first-order valence-electron chi connectivity index (χ1n) is 8.76. The summed E-state index contributed by atoms with van der Waals surface area (Å²) in [5.74, 6) is -0.700. The predicted molar refractivity (Wildman–Crippen MR) is 87.6 cm³/mol. The highest BCUT2D eigenvalue weighted by Crippen LogP contribution is 2.27. The van der Waals surface area contributed by atoms with Gasteiger partial charge < -0.3 is 54.3 Å². The molecule has 6 N–H and O–H groups in total. The van der Waals surface area contributed by atoms with Crippen LogP contribution in [0.15, 0.2) is 0 Å². The Kier molecular flexibility index (Phi) is 8.77. The largest absolute Gasteiger partial charge is 0.390 e. The van der Waals surface area contributed by atoms with Gasteiger partial charge in [-0.1, -0.05) is 0 Å². The highest BCUT2D eigenvalue weighted by Gasteiger charge is 2.46. The predicted octanol–water partition coefficient (Wildman–Crippen LogP) is -3.80. The van der Waals surface area contributed by atoms with Crippen molar-refractivity contribution in [3.05, 3.63) is 0 Å². The normalized spacial score (nSPS) is 45.8. The number of hydrogen-bond donors (Lipinski definition) is 6. The molecule has 0 aromatic carbocycles. The van der Waals surface area contributed by atoms with Crippen LogP contribution in [-0.2, 0) is 23.7 Å². The standard InChI is InChI=1S/C16H30O11/c1-23-4-8-7(11(17)15(21)16(22)27-8)3-25-6-10-13(19)14(20)12(18)9(26-10)5-24-2/h7-22H,3-6H2,1-2H3/t7-,8?,9?,10+,11-,12-,13?,14-,15?,16-/m1/s1. The van der Waals surface area contributed by atoms with Crippen molar-refractivity contribution in [2.24, 2.45) is 5.92 Å². The molecule has 0 saturated carbocycles. The molecular weight excluding hydrogens is 368 g/mol. The molecule has 2 aliphatic heterocycles. The Morgan fingerprint density at radius 2 is 1.15 bits per heavy atom. The van der Waals surface area contributed by atoms with E-state index in [1.165, 1.54) is 14.2 Å². The van der Waals surface area contributed by atoms with Crippen molar-refractivity contribution in [3.63, 3.8) is 0 Å². The fourth-order valence-corrected chi connectivity index (χ4v) is 3.32. The molecule has 10 atom stereocenters. The maximum Gasteiger partial charge on any atom is 0.183 e. The third-order valence-electron chi connectivity index (χ3n) is 4.94. The minimum atomic E-state index is -1.54. The van der Waals surface area contributed by atoms with Gasteiger partial charge in [-0.2, -0.15) is 0 Å². The number of hydrogen-bond acceptors (Lipinski definition) is 11. The Morgan fingerprint density at radius 3 is 1.74 bits per heavy atom. The molecule has 2 saturated heterocycles. The number of aliphatic hydroxyl groups excluding tert-OH is 6. The van der Waals surface area contributed by atoms with Gasteiger partial charge in [0, 0.05) is 20.1 Å². The van der Waals surface area contributed by atoms with Crippen molar-refractivity contribution in [1.82, 2.24) is 0 Å². The molecule has 2 fully saturated rings. The summed E-state index contributed by atoms with van der Waals surface area (Å²) in [5.41, 5.74) is 0. The monoisotopic (exact) mass is 398 g/mol. The average Bonchev–Trinajstić information content (AvgIpc) is 2.64. The minimum absolute atomic E-state index is 0.0244. The van der Waals surface area contributed by atoms with E-state index in [0.717, 1.165) is 0 Å². The SMILES string of the molecule is COCC1O[C@@H](COC[C@@H]2C(COC)O[C@@H](O)C(O)[C@@H]2O)C(O)[C@H](O)[C@@H]1O. The summed E-state index contributed by atoms with van der Waals surface area (Å²) >= 11 is 0. The zero-order chi connectivity index (χ0) is 20.1. The molecule has 11 heteroatoms. The first kappa shape index (κ1) is 22.8. The van der Waals surface area contributed by atoms with E-state index in [-0.39, 0.29) is 26.4 Å². The van der Waals surface area contributed by atoms with E-state index >= 15 is 0 Å². The number of ether oxygens (including phenoxy) is 5. The van der Waals surface area contributed by atoms with Crippen LogP contribution in [0.2, 0.25) is 0 Å². The van der Waals surface area contributed by atoms with Gasteiger partial charge in [0.1, 0.15) is 36.6 Å². The van der Waals surface area contributed by atoms with E-state index in [9.17, 15) is 30.6 Å². The summed E-state index contributed by atoms with van der Waals surface area (Å²) in [5, 5.41) is 59.5. The molecule has 0 bridgehead atoms. The van der Waals surface area contributed by atoms with Gasteiger partial charge in [0.15, 0.2) is 6.29 Å². The summed E-state index contributed by atoms with van der Waals surface area (Å²) in [6.07, 6.45) is -10.9. The van der Waals surface area contributed by atoms with Crippen molar-refractivity contribution in [3.8, 4) is 0 Å². The Morgan fingerprint density at radius 1 is 0.593 bits per heavy atom. The first-order chi connectivity index (χ1) is 12.8. The van der Waals surface area contributed by atoms with Crippen LogP contribution in [0.3, 0.4) is 0 Å². The van der Waals surface area contributed by atoms with E-state index in [0.29, 0.717) is 0 Å². The molecule has 0 radical (unpaired) electrons. The van der Waals surface area contributed by atoms with Crippen molar-refractivity contribution in [2.75, 3.05) is 40.6 Å². The molecular formula is C16H30O11. The lowest BCUT2D eigenvalue weighted by Gasteiger charge is -2.42. The fourth-order valence-electron chi connectivity index (χ4n) is 3.32. The summed E-state index contributed by atoms with van der Waals surface area (Å²) in [4.78, 5) is 0. The van der Waals surface area contributed by atoms with Crippen molar-refractivity contribution in [2.45, 2.75) is 55.1 Å². The van der Waals surface area contributed by atoms with Gasteiger partial charge in [-0.05, 0) is 0 Å². The molecule has 2 rings (SSSR count). The second-order valence-corrected chi connectivity index (χ2v) is 6.84. The van der Waals surface area contributed by atoms with Gasteiger partial charge in [-0.25, -0.2) is 0 Å². The maximum absolute atomic E-state index is 10.2. The van der Waals surface area contributed by atoms with Crippen LogP contribution in [0.4, 0.5) is 0 Å². The van der Waals surface area contributed by atoms with Gasteiger partial charge in [0.05, 0.1) is 38.6 Å². The van der Waals surface area contributed by atoms with Gasteiger partial charge in [0.2, 0.25) is 0 Å². The topological polar surface area (TPSA) is 168 Å². The van der Waals surface area contributed by atoms with Gasteiger partial charge >= 0.3 is 0 Å². The van der Waals surface area contributed by atoms with Crippen molar-refractivity contribution in [1.29, 1.82) is 0 Å². The molecule has 0 spiro atoms. The number of methoxy groups -OCH3 is 2. The van der Waals surface area contributed by atoms with Gasteiger partial charge in [0.25, 0.3) is 0 Å². The van der Waals surface area contributed by atoms with Crippen LogP contribution in [0, 0.1) is 5.92 Å². The van der Waals surface area contributed by atoms with Crippen LogP contribution >= 0.6 is 0 Å². The quantitative estimate of drug-likeness (QED) is 0.237. The van der Waals surface area contributed by atoms with E-state index in [4.69, 9.17) is 23.7 Å². The molecule has 2 aliphatic rings. The highest BCUT2D eigenvalue weighted by molar-refractivity contribution is 4.93. The fraction of sp³-hybridized carbons (Fsp3) is 1.00. The molecule has 0 aliphatic carbocycles. The lowest BCUT2D eigenvalue weighted by Crippen LogP contribution is -2.60. The molecule has 11 nitrogen and oxygen atoms in total. The zero-order valence-corrected chi connectivity index (χ0v) is 15.3. The van der Waals surface area contributed by atoms with Crippen LogP contribution < -0.4 is 0 Å². The molecule has 160 valence electrons. The van der Waals surface area contributed by atoms with Gasteiger partial charge in [-0.3, -0.25) is 0 Å². The number of rotatable bonds is 8. The lowest BCUT2D eigenvalue weighted by molar-refractivity contribution is -0.283. The van der Waals surface area contributed by atoms with Crippen molar-refractivity contribution < 1.29 is 54.3 Å². The summed E-state index contributed by atoms with van der Waals surface area (Å²) in [6.45, 7) is -0.138. The molecule has 0 aromatic rings. The minimum Gasteiger partial charge on any atom is -0.390 e. The summed E-state index contributed by atoms with van der Waals surface area (Å²) < 4.78 is 26.2. The molecule has 2 heterocycles. The summed E-state index contributed by atoms with van der Waals surface area (Å²) in [6, 6.07) is 0. The zero-order valence-electron chi connectivity index (χ0n) is 15.3. The van der Waals surface area contributed by atoms with E-state index in [2.05, 4.69) is 0 Å². The Labute approximate surface area is 157 Å². The van der Waals surface area contributed by atoms with Crippen LogP contribution in [0.1, 0.15) is 0 Å². The Hall–Kier alpha value is -0.440. The third-order valence-corrected chi connectivity index (χ3v) is 4.94. The number of aliphatic hydroxyl groups is 6. The smallest absolute Gasteiger partial charge is 0.183 e. The Bertz CT molecular complexity index is 439. The van der Waals surface area contributed by atoms with Gasteiger partial charge in [-0.15, -0.1) is 0 Å². The van der Waals surface area contributed by atoms with Crippen molar-refractivity contribution >= 4 is 0 Å². The van der Waals surface area contributed by atoms with Crippen LogP contribution in [-0.4, -0.2) is 126 Å². The Balaban J connectivity index is 1.92. The lowest BCUT2D eigenvalue weighted by atomic mass is 9.90. The van der Waals surface area contributed by atoms with Crippen LogP contribution in [0.25, 0.3) is 0 Å². The molecule has 27 heavy (non-hydrogen) atoms. The molecule has 4 unspecified atom stereocenters. The molecule has 0 aromatic heterocycles. The highest BCUT2D eigenvalue weighted by atomic mass is 16.6. The van der Waals surface area contributed by atoms with E-state index in [1.807, 2.05) is 0 Å². The molecule has 0 amide bonds. The second kappa shape index (κ2) is 10.4. The average molecular weight is 398 g/mol. The van der Waals surface area contributed by atoms with E-state index in [1.54, 1.807) is 0 Å². The second-order valence-electron chi connectivity index (χ2n) is 6.84. The maximum atomic E-state index is 10.2. The summed E-state index contributed by atoms with van der Waals surface area (Å²) in [7, 11) is 2.85.